The summed E-state index contributed by atoms with van der Waals surface area (Å²) >= 11 is 5.72. The Labute approximate surface area is 126 Å². The van der Waals surface area contributed by atoms with Crippen molar-refractivity contribution in [3.8, 4) is 0 Å². The van der Waals surface area contributed by atoms with Gasteiger partial charge >= 0.3 is 0 Å². The molecule has 3 aromatic rings. The van der Waals surface area contributed by atoms with E-state index in [1.807, 2.05) is 31.3 Å². The first-order valence-electron chi connectivity index (χ1n) is 6.64. The van der Waals surface area contributed by atoms with Crippen molar-refractivity contribution in [3.05, 3.63) is 64.8 Å². The molecule has 5 heteroatoms. The number of oxazole rings is 1. The van der Waals surface area contributed by atoms with Crippen molar-refractivity contribution in [2.45, 2.75) is 12.5 Å². The van der Waals surface area contributed by atoms with Gasteiger partial charge in [0.15, 0.2) is 11.5 Å². The number of nitrogens with one attached hydrogen (secondary N) is 1. The third kappa shape index (κ3) is 2.91. The van der Waals surface area contributed by atoms with Crippen molar-refractivity contribution < 1.29 is 8.81 Å². The maximum absolute atomic E-state index is 13.6. The second-order valence-corrected chi connectivity index (χ2v) is 5.20. The largest absolute Gasteiger partial charge is 0.441 e. The van der Waals surface area contributed by atoms with Crippen LogP contribution in [0.4, 0.5) is 4.39 Å². The van der Waals surface area contributed by atoms with Crippen LogP contribution in [-0.4, -0.2) is 12.0 Å². The first-order chi connectivity index (χ1) is 10.2. The van der Waals surface area contributed by atoms with Crippen LogP contribution in [0.25, 0.3) is 11.1 Å². The van der Waals surface area contributed by atoms with Crippen molar-refractivity contribution in [1.29, 1.82) is 0 Å². The first kappa shape index (κ1) is 14.0. The summed E-state index contributed by atoms with van der Waals surface area (Å²) < 4.78 is 19.3. The molecule has 0 aliphatic rings. The van der Waals surface area contributed by atoms with Gasteiger partial charge in [0.1, 0.15) is 11.3 Å². The standard InChI is InChI=1S/C16H14ClFN2O/c1-19-14(10-6-7-11(17)12(18)8-10)9-16-20-13-4-2-3-5-15(13)21-16/h2-8,14,19H,9H2,1H3. The molecule has 0 amide bonds. The van der Waals surface area contributed by atoms with Crippen LogP contribution in [0.3, 0.4) is 0 Å². The Hall–Kier alpha value is -1.91. The van der Waals surface area contributed by atoms with E-state index in [1.54, 1.807) is 12.1 Å². The molecule has 0 saturated carbocycles. The number of fused-ring (bicyclic) bond motifs is 1. The van der Waals surface area contributed by atoms with Gasteiger partial charge in [0.2, 0.25) is 0 Å². The van der Waals surface area contributed by atoms with E-state index in [9.17, 15) is 4.39 Å². The second-order valence-electron chi connectivity index (χ2n) is 4.79. The average molecular weight is 305 g/mol. The number of rotatable bonds is 4. The van der Waals surface area contributed by atoms with Gasteiger partial charge in [-0.05, 0) is 36.9 Å². The lowest BCUT2D eigenvalue weighted by Crippen LogP contribution is -2.19. The molecule has 0 radical (unpaired) electrons. The molecule has 1 aromatic heterocycles. The highest BCUT2D eigenvalue weighted by Gasteiger charge is 2.16. The molecular weight excluding hydrogens is 291 g/mol. The van der Waals surface area contributed by atoms with Crippen LogP contribution < -0.4 is 5.32 Å². The van der Waals surface area contributed by atoms with Gasteiger partial charge in [0.25, 0.3) is 0 Å². The molecule has 3 nitrogen and oxygen atoms in total. The Bertz CT molecular complexity index is 739. The Kier molecular flexibility index (Phi) is 3.90. The minimum absolute atomic E-state index is 0.0928. The van der Waals surface area contributed by atoms with Crippen molar-refractivity contribution in [3.63, 3.8) is 0 Å². The van der Waals surface area contributed by atoms with Gasteiger partial charge in [-0.25, -0.2) is 9.37 Å². The summed E-state index contributed by atoms with van der Waals surface area (Å²) in [4.78, 5) is 4.44. The Morgan fingerprint density at radius 1 is 1.29 bits per heavy atom. The van der Waals surface area contributed by atoms with Crippen molar-refractivity contribution >= 4 is 22.7 Å². The van der Waals surface area contributed by atoms with E-state index in [0.29, 0.717) is 12.3 Å². The average Bonchev–Trinajstić information content (AvgIpc) is 2.90. The number of benzene rings is 2. The van der Waals surface area contributed by atoms with Crippen LogP contribution in [0.15, 0.2) is 46.9 Å². The van der Waals surface area contributed by atoms with E-state index in [2.05, 4.69) is 10.3 Å². The molecule has 1 atom stereocenters. The highest BCUT2D eigenvalue weighted by molar-refractivity contribution is 6.30. The third-order valence-electron chi connectivity index (χ3n) is 3.41. The summed E-state index contributed by atoms with van der Waals surface area (Å²) in [7, 11) is 1.82. The van der Waals surface area contributed by atoms with Crippen LogP contribution in [0, 0.1) is 5.82 Å². The fourth-order valence-electron chi connectivity index (χ4n) is 2.30. The highest BCUT2D eigenvalue weighted by Crippen LogP contribution is 2.24. The maximum Gasteiger partial charge on any atom is 0.197 e. The zero-order valence-corrected chi connectivity index (χ0v) is 12.2. The lowest BCUT2D eigenvalue weighted by Gasteiger charge is -2.15. The van der Waals surface area contributed by atoms with Gasteiger partial charge < -0.3 is 9.73 Å². The monoisotopic (exact) mass is 304 g/mol. The molecule has 0 aliphatic carbocycles. The Balaban J connectivity index is 1.88. The van der Waals surface area contributed by atoms with Crippen LogP contribution in [0.5, 0.6) is 0 Å². The number of hydrogen-bond donors (Lipinski definition) is 1. The molecule has 0 spiro atoms. The Morgan fingerprint density at radius 3 is 2.81 bits per heavy atom. The predicted molar refractivity (Wildman–Crippen MR) is 80.9 cm³/mol. The topological polar surface area (TPSA) is 38.1 Å². The zero-order valence-electron chi connectivity index (χ0n) is 11.4. The third-order valence-corrected chi connectivity index (χ3v) is 3.72. The van der Waals surface area contributed by atoms with E-state index in [0.717, 1.165) is 16.7 Å². The van der Waals surface area contributed by atoms with Crippen molar-refractivity contribution in [2.75, 3.05) is 7.05 Å². The highest BCUT2D eigenvalue weighted by atomic mass is 35.5. The number of nitrogens with zero attached hydrogens (tertiary/aromatic N) is 1. The molecule has 1 N–H and O–H groups in total. The molecule has 0 fully saturated rings. The van der Waals surface area contributed by atoms with Gasteiger partial charge in [0.05, 0.1) is 5.02 Å². The minimum atomic E-state index is -0.424. The number of para-hydroxylation sites is 2. The summed E-state index contributed by atoms with van der Waals surface area (Å²) in [6.45, 7) is 0. The normalized spacial score (nSPS) is 12.7. The van der Waals surface area contributed by atoms with Crippen LogP contribution >= 0.6 is 11.6 Å². The van der Waals surface area contributed by atoms with E-state index in [-0.39, 0.29) is 11.1 Å². The lowest BCUT2D eigenvalue weighted by atomic mass is 10.0. The van der Waals surface area contributed by atoms with E-state index in [4.69, 9.17) is 16.0 Å². The summed E-state index contributed by atoms with van der Waals surface area (Å²) in [6, 6.07) is 12.3. The molecule has 1 heterocycles. The summed E-state index contributed by atoms with van der Waals surface area (Å²) in [5, 5.41) is 3.27. The quantitative estimate of drug-likeness (QED) is 0.788. The van der Waals surface area contributed by atoms with Crippen LogP contribution in [-0.2, 0) is 6.42 Å². The number of hydrogen-bond acceptors (Lipinski definition) is 3. The lowest BCUT2D eigenvalue weighted by molar-refractivity contribution is 0.472. The van der Waals surface area contributed by atoms with Gasteiger partial charge in [-0.3, -0.25) is 0 Å². The maximum atomic E-state index is 13.6. The molecule has 21 heavy (non-hydrogen) atoms. The Morgan fingerprint density at radius 2 is 2.10 bits per heavy atom. The molecular formula is C16H14ClFN2O. The van der Waals surface area contributed by atoms with Gasteiger partial charge in [-0.1, -0.05) is 29.8 Å². The van der Waals surface area contributed by atoms with E-state index in [1.165, 1.54) is 6.07 Å². The van der Waals surface area contributed by atoms with Crippen LogP contribution in [0.1, 0.15) is 17.5 Å². The van der Waals surface area contributed by atoms with Gasteiger partial charge in [0, 0.05) is 12.5 Å². The van der Waals surface area contributed by atoms with E-state index < -0.39 is 5.82 Å². The van der Waals surface area contributed by atoms with E-state index >= 15 is 0 Å². The SMILES string of the molecule is CNC(Cc1nc2ccccc2o1)c1ccc(Cl)c(F)c1. The molecule has 3 rings (SSSR count). The molecule has 108 valence electrons. The molecule has 0 bridgehead atoms. The summed E-state index contributed by atoms with van der Waals surface area (Å²) in [5.41, 5.74) is 2.39. The number of halogens is 2. The van der Waals surface area contributed by atoms with Gasteiger partial charge in [-0.15, -0.1) is 0 Å². The summed E-state index contributed by atoms with van der Waals surface area (Å²) in [5.74, 6) is 0.192. The van der Waals surface area contributed by atoms with Gasteiger partial charge in [-0.2, -0.15) is 0 Å². The molecule has 1 unspecified atom stereocenters. The van der Waals surface area contributed by atoms with Crippen molar-refractivity contribution in [1.82, 2.24) is 10.3 Å². The number of aromatic nitrogens is 1. The minimum Gasteiger partial charge on any atom is -0.441 e. The predicted octanol–water partition coefficient (Wildman–Crippen LogP) is 4.12. The molecule has 0 aliphatic heterocycles. The van der Waals surface area contributed by atoms with Crippen LogP contribution in [0.2, 0.25) is 5.02 Å². The molecule has 2 aromatic carbocycles. The molecule has 0 saturated heterocycles. The fraction of sp³-hybridized carbons (Fsp3) is 0.188. The first-order valence-corrected chi connectivity index (χ1v) is 7.02. The summed E-state index contributed by atoms with van der Waals surface area (Å²) in [6.07, 6.45) is 0.534. The second kappa shape index (κ2) is 5.84. The zero-order chi connectivity index (χ0) is 14.8. The number of likely N-dealkylation sites (N-methyl/N-ethyl adjacent to an activating group) is 1. The smallest absolute Gasteiger partial charge is 0.197 e. The van der Waals surface area contributed by atoms with Crippen molar-refractivity contribution in [2.24, 2.45) is 0 Å². The fourth-order valence-corrected chi connectivity index (χ4v) is 2.42.